The van der Waals surface area contributed by atoms with Crippen molar-refractivity contribution in [2.24, 2.45) is 5.92 Å². The number of hydrogen-bond donors (Lipinski definition) is 0. The van der Waals surface area contributed by atoms with E-state index in [1.54, 1.807) is 0 Å². The van der Waals surface area contributed by atoms with Gasteiger partial charge < -0.3 is 9.47 Å². The fraction of sp³-hybridized carbons (Fsp3) is 0.567. The number of carbonyl (C=O) groups excluding carboxylic acids is 1. The van der Waals surface area contributed by atoms with Gasteiger partial charge in [-0.1, -0.05) is 42.5 Å². The summed E-state index contributed by atoms with van der Waals surface area (Å²) in [4.78, 5) is 16.1. The predicted molar refractivity (Wildman–Crippen MR) is 131 cm³/mol. The number of rotatable bonds is 7. The van der Waals surface area contributed by atoms with Gasteiger partial charge in [0, 0.05) is 31.2 Å². The highest BCUT2D eigenvalue weighted by atomic mass is 16.5. The van der Waals surface area contributed by atoms with Gasteiger partial charge in [0.2, 0.25) is 0 Å². The van der Waals surface area contributed by atoms with Crippen LogP contribution in [0.15, 0.2) is 42.5 Å². The number of aryl methyl sites for hydroxylation is 2. The van der Waals surface area contributed by atoms with E-state index in [1.165, 1.54) is 36.1 Å². The van der Waals surface area contributed by atoms with Gasteiger partial charge in [0.05, 0.1) is 11.0 Å². The number of hydrogen-bond acceptors (Lipinski definition) is 4. The molecular formula is C30H35NO3. The molecule has 1 unspecified atom stereocenters. The first-order valence-electron chi connectivity index (χ1n) is 13.4. The Morgan fingerprint density at radius 1 is 1.12 bits per heavy atom. The molecule has 2 aromatic rings. The second kappa shape index (κ2) is 7.66. The molecule has 2 saturated carbocycles. The summed E-state index contributed by atoms with van der Waals surface area (Å²) in [7, 11) is 0. The first-order valence-corrected chi connectivity index (χ1v) is 13.4. The molecule has 2 heterocycles. The van der Waals surface area contributed by atoms with Crippen molar-refractivity contribution in [1.82, 2.24) is 4.90 Å². The lowest BCUT2D eigenvalue weighted by molar-refractivity contribution is -0.213. The summed E-state index contributed by atoms with van der Waals surface area (Å²) >= 11 is 0. The van der Waals surface area contributed by atoms with Crippen molar-refractivity contribution in [1.29, 1.82) is 0 Å². The number of Topliss-reactive ketones (excluding diaryl/α,β-unsaturated/α-hetero) is 1. The number of ether oxygens (including phenoxy) is 2. The molecule has 2 aromatic carbocycles. The van der Waals surface area contributed by atoms with Crippen LogP contribution in [0.2, 0.25) is 0 Å². The molecule has 1 saturated heterocycles. The van der Waals surface area contributed by atoms with E-state index in [0.29, 0.717) is 12.5 Å². The van der Waals surface area contributed by atoms with Crippen LogP contribution in [0.25, 0.3) is 0 Å². The molecule has 3 fully saturated rings. The lowest BCUT2D eigenvalue weighted by Gasteiger charge is -2.64. The number of carbonyl (C=O) groups is 1. The lowest BCUT2D eigenvalue weighted by atomic mass is 9.48. The molecule has 0 radical (unpaired) electrons. The second-order valence-electron chi connectivity index (χ2n) is 11.4. The molecule has 34 heavy (non-hydrogen) atoms. The monoisotopic (exact) mass is 457 g/mol. The van der Waals surface area contributed by atoms with E-state index >= 15 is 0 Å². The van der Waals surface area contributed by atoms with Crippen LogP contribution in [0.3, 0.4) is 0 Å². The molecule has 4 atom stereocenters. The Morgan fingerprint density at radius 3 is 2.79 bits per heavy atom. The maximum Gasteiger partial charge on any atom is 0.174 e. The maximum atomic E-state index is 13.4. The van der Waals surface area contributed by atoms with Gasteiger partial charge in [-0.15, -0.1) is 0 Å². The van der Waals surface area contributed by atoms with E-state index < -0.39 is 0 Å². The molecule has 1 spiro atoms. The molecule has 2 bridgehead atoms. The van der Waals surface area contributed by atoms with Crippen molar-refractivity contribution in [3.05, 3.63) is 64.7 Å². The first kappa shape index (κ1) is 21.1. The van der Waals surface area contributed by atoms with Crippen molar-refractivity contribution in [3.8, 4) is 5.75 Å². The van der Waals surface area contributed by atoms with E-state index in [-0.39, 0.29) is 22.9 Å². The number of nitrogens with zero attached hydrogens (tertiary/aromatic N) is 1. The Hall–Kier alpha value is -2.17. The molecule has 0 amide bonds. The van der Waals surface area contributed by atoms with Crippen LogP contribution in [0.1, 0.15) is 60.8 Å². The van der Waals surface area contributed by atoms with Crippen LogP contribution < -0.4 is 4.74 Å². The normalized spacial score (nSPS) is 33.5. The highest BCUT2D eigenvalue weighted by molar-refractivity contribution is 5.89. The first-order chi connectivity index (χ1) is 16.6. The standard InChI is InChI=1S/C30H35NO3/c1-20-9-12-23-18-25-30(33-17-5-8-21-6-3-2-4-7-21)14-13-24(32)28-29(30,26(23)27(20)34-28)15-16-31(25)19-22-10-11-22/h2-4,6-7,9,12,22,25,28H,5,8,10-11,13-19H2,1H3/t25?,28-,29-,30+/m0/s1. The van der Waals surface area contributed by atoms with Crippen molar-refractivity contribution in [3.63, 3.8) is 0 Å². The number of ketones is 1. The average Bonchev–Trinajstić information content (AvgIpc) is 3.59. The van der Waals surface area contributed by atoms with Crippen LogP contribution in [0.5, 0.6) is 5.75 Å². The number of likely N-dealkylation sites (tertiary alicyclic amines) is 1. The van der Waals surface area contributed by atoms with Crippen LogP contribution >= 0.6 is 0 Å². The molecule has 0 N–H and O–H groups in total. The van der Waals surface area contributed by atoms with Crippen LogP contribution in [0.4, 0.5) is 0 Å². The summed E-state index contributed by atoms with van der Waals surface area (Å²) in [6.45, 7) is 5.10. The van der Waals surface area contributed by atoms with E-state index in [0.717, 1.165) is 62.5 Å². The molecule has 178 valence electrons. The summed E-state index contributed by atoms with van der Waals surface area (Å²) in [6.07, 6.45) is 7.76. The topological polar surface area (TPSA) is 38.8 Å². The van der Waals surface area contributed by atoms with E-state index in [4.69, 9.17) is 9.47 Å². The molecule has 5 aliphatic rings. The molecule has 0 aromatic heterocycles. The smallest absolute Gasteiger partial charge is 0.174 e. The zero-order valence-corrected chi connectivity index (χ0v) is 20.2. The Balaban J connectivity index is 1.28. The third kappa shape index (κ3) is 2.88. The largest absolute Gasteiger partial charge is 0.481 e. The van der Waals surface area contributed by atoms with Crippen molar-refractivity contribution < 1.29 is 14.3 Å². The summed E-state index contributed by atoms with van der Waals surface area (Å²) in [5, 5.41) is 0. The van der Waals surface area contributed by atoms with Gasteiger partial charge in [-0.05, 0) is 81.0 Å². The minimum absolute atomic E-state index is 0.279. The highest BCUT2D eigenvalue weighted by Crippen LogP contribution is 2.65. The minimum atomic E-state index is -0.379. The zero-order valence-electron chi connectivity index (χ0n) is 20.2. The van der Waals surface area contributed by atoms with Gasteiger partial charge in [0.1, 0.15) is 5.75 Å². The fourth-order valence-electron chi connectivity index (χ4n) is 7.85. The van der Waals surface area contributed by atoms with Gasteiger partial charge in [-0.2, -0.15) is 0 Å². The van der Waals surface area contributed by atoms with E-state index in [2.05, 4.69) is 54.3 Å². The number of benzene rings is 2. The van der Waals surface area contributed by atoms with Gasteiger partial charge >= 0.3 is 0 Å². The summed E-state index contributed by atoms with van der Waals surface area (Å²) in [5.74, 6) is 2.12. The Labute approximate surface area is 202 Å². The average molecular weight is 458 g/mol. The number of piperidine rings is 1. The third-order valence-electron chi connectivity index (χ3n) is 9.55. The molecule has 4 nitrogen and oxygen atoms in total. The Kier molecular flexibility index (Phi) is 4.77. The highest BCUT2D eigenvalue weighted by Gasteiger charge is 2.74. The van der Waals surface area contributed by atoms with Crippen molar-refractivity contribution >= 4 is 5.78 Å². The summed E-state index contributed by atoms with van der Waals surface area (Å²) in [5.41, 5.74) is 4.59. The Bertz CT molecular complexity index is 1130. The van der Waals surface area contributed by atoms with E-state index in [1.807, 2.05) is 0 Å². The summed E-state index contributed by atoms with van der Waals surface area (Å²) in [6, 6.07) is 15.6. The fourth-order valence-corrected chi connectivity index (χ4v) is 7.85. The Morgan fingerprint density at radius 2 is 1.97 bits per heavy atom. The SMILES string of the molecule is Cc1ccc2c3c1O[C@H]1C(=O)CC[C@@]4(OCCCc5ccccc5)C(C2)N(CC2CC2)CC[C@]314. The summed E-state index contributed by atoms with van der Waals surface area (Å²) < 4.78 is 13.8. The maximum absolute atomic E-state index is 13.4. The van der Waals surface area contributed by atoms with Crippen LogP contribution in [-0.4, -0.2) is 48.1 Å². The predicted octanol–water partition coefficient (Wildman–Crippen LogP) is 4.79. The lowest BCUT2D eigenvalue weighted by Crippen LogP contribution is -2.77. The molecule has 2 aliphatic heterocycles. The molecule has 3 aliphatic carbocycles. The molecule has 7 rings (SSSR count). The molecular weight excluding hydrogens is 422 g/mol. The van der Waals surface area contributed by atoms with Gasteiger partial charge in [0.15, 0.2) is 11.9 Å². The van der Waals surface area contributed by atoms with Gasteiger partial charge in [-0.25, -0.2) is 0 Å². The van der Waals surface area contributed by atoms with Gasteiger partial charge in [0.25, 0.3) is 0 Å². The van der Waals surface area contributed by atoms with Gasteiger partial charge in [-0.3, -0.25) is 9.69 Å². The molecule has 4 heteroatoms. The second-order valence-corrected chi connectivity index (χ2v) is 11.4. The van der Waals surface area contributed by atoms with Crippen LogP contribution in [0, 0.1) is 12.8 Å². The zero-order chi connectivity index (χ0) is 22.9. The van der Waals surface area contributed by atoms with Crippen molar-refractivity contribution in [2.45, 2.75) is 81.5 Å². The van der Waals surface area contributed by atoms with Crippen molar-refractivity contribution in [2.75, 3.05) is 19.7 Å². The quantitative estimate of drug-likeness (QED) is 0.561. The van der Waals surface area contributed by atoms with Crippen LogP contribution in [-0.2, 0) is 27.8 Å². The van der Waals surface area contributed by atoms with E-state index in [9.17, 15) is 4.79 Å². The minimum Gasteiger partial charge on any atom is -0.481 e. The third-order valence-corrected chi connectivity index (χ3v) is 9.55.